The van der Waals surface area contributed by atoms with Crippen LogP contribution >= 0.6 is 11.3 Å². The summed E-state index contributed by atoms with van der Waals surface area (Å²) in [6.45, 7) is 4.22. The second-order valence-electron chi connectivity index (χ2n) is 5.89. The van der Waals surface area contributed by atoms with E-state index in [1.807, 2.05) is 11.3 Å². The molecule has 0 radical (unpaired) electrons. The molecule has 110 valence electrons. The van der Waals surface area contributed by atoms with Crippen LogP contribution in [0.5, 0.6) is 0 Å². The first-order valence-corrected chi connectivity index (χ1v) is 8.76. The predicted molar refractivity (Wildman–Crippen MR) is 83.0 cm³/mol. The Morgan fingerprint density at radius 1 is 1.55 bits per heavy atom. The fourth-order valence-electron chi connectivity index (χ4n) is 3.58. The Morgan fingerprint density at radius 3 is 3.20 bits per heavy atom. The van der Waals surface area contributed by atoms with E-state index in [0.717, 1.165) is 32.4 Å². The number of thiophene rings is 1. The Kier molecular flexibility index (Phi) is 4.41. The van der Waals surface area contributed by atoms with Gasteiger partial charge in [0.05, 0.1) is 6.04 Å². The third-order valence-electron chi connectivity index (χ3n) is 4.67. The lowest BCUT2D eigenvalue weighted by atomic mass is 9.97. The monoisotopic (exact) mass is 292 g/mol. The number of hydrogen-bond acceptors (Lipinski definition) is 3. The molecular formula is C16H24N2OS. The molecule has 4 heteroatoms. The van der Waals surface area contributed by atoms with Crippen LogP contribution in [-0.4, -0.2) is 29.9 Å². The Bertz CT molecular complexity index is 465. The summed E-state index contributed by atoms with van der Waals surface area (Å²) in [5.74, 6) is 0.349. The summed E-state index contributed by atoms with van der Waals surface area (Å²) in [6, 6.07) is 3.10. The van der Waals surface area contributed by atoms with Crippen LogP contribution in [0, 0.1) is 0 Å². The van der Waals surface area contributed by atoms with Crippen molar-refractivity contribution in [1.82, 2.24) is 10.2 Å². The lowest BCUT2D eigenvalue weighted by molar-refractivity contribution is -0.134. The van der Waals surface area contributed by atoms with Gasteiger partial charge in [-0.15, -0.1) is 11.3 Å². The molecule has 2 unspecified atom stereocenters. The molecular weight excluding hydrogens is 268 g/mol. The van der Waals surface area contributed by atoms with Crippen LogP contribution in [0.15, 0.2) is 11.4 Å². The van der Waals surface area contributed by atoms with Gasteiger partial charge in [-0.25, -0.2) is 0 Å². The summed E-state index contributed by atoms with van der Waals surface area (Å²) in [6.07, 6.45) is 6.27. The van der Waals surface area contributed by atoms with Crippen LogP contribution in [0.3, 0.4) is 0 Å². The van der Waals surface area contributed by atoms with Gasteiger partial charge < -0.3 is 10.2 Å². The minimum atomic E-state index is 0.314. The molecule has 2 aliphatic rings. The Hall–Kier alpha value is -0.870. The Morgan fingerprint density at radius 2 is 2.45 bits per heavy atom. The standard InChI is InChI=1S/C16H24N2OS/c1-2-14-13-8-11-20-15(13)7-10-18(14)16(19)6-5-12-4-3-9-17-12/h8,11-12,14,17H,2-7,9-10H2,1H3. The predicted octanol–water partition coefficient (Wildman–Crippen LogP) is 3.12. The molecule has 1 aromatic heterocycles. The smallest absolute Gasteiger partial charge is 0.223 e. The van der Waals surface area contributed by atoms with Crippen LogP contribution in [0.2, 0.25) is 0 Å². The molecule has 3 heterocycles. The number of carbonyl (C=O) groups is 1. The molecule has 3 nitrogen and oxygen atoms in total. The third-order valence-corrected chi connectivity index (χ3v) is 5.67. The maximum Gasteiger partial charge on any atom is 0.223 e. The van der Waals surface area contributed by atoms with Crippen LogP contribution in [0.25, 0.3) is 0 Å². The van der Waals surface area contributed by atoms with E-state index in [9.17, 15) is 4.79 Å². The zero-order chi connectivity index (χ0) is 13.9. The Balaban J connectivity index is 1.62. The topological polar surface area (TPSA) is 32.3 Å². The van der Waals surface area contributed by atoms with Crippen LogP contribution in [-0.2, 0) is 11.2 Å². The van der Waals surface area contributed by atoms with Gasteiger partial charge in [0.1, 0.15) is 0 Å². The van der Waals surface area contributed by atoms with Crippen molar-refractivity contribution < 1.29 is 4.79 Å². The first kappa shape index (κ1) is 14.1. The van der Waals surface area contributed by atoms with Gasteiger partial charge in [-0.2, -0.15) is 0 Å². The first-order chi connectivity index (χ1) is 9.79. The van der Waals surface area contributed by atoms with E-state index in [-0.39, 0.29) is 0 Å². The van der Waals surface area contributed by atoms with Crippen molar-refractivity contribution in [3.63, 3.8) is 0 Å². The molecule has 0 spiro atoms. The van der Waals surface area contributed by atoms with Gasteiger partial charge in [0.2, 0.25) is 5.91 Å². The second-order valence-corrected chi connectivity index (χ2v) is 6.89. The number of nitrogens with one attached hydrogen (secondary N) is 1. The van der Waals surface area contributed by atoms with E-state index in [0.29, 0.717) is 24.4 Å². The minimum absolute atomic E-state index is 0.314. The van der Waals surface area contributed by atoms with Gasteiger partial charge >= 0.3 is 0 Å². The fourth-order valence-corrected chi connectivity index (χ4v) is 4.51. The van der Waals surface area contributed by atoms with Gasteiger partial charge in [-0.1, -0.05) is 6.92 Å². The van der Waals surface area contributed by atoms with E-state index >= 15 is 0 Å². The van der Waals surface area contributed by atoms with Crippen molar-refractivity contribution >= 4 is 17.2 Å². The highest BCUT2D eigenvalue weighted by atomic mass is 32.1. The molecule has 1 amide bonds. The highest BCUT2D eigenvalue weighted by Crippen LogP contribution is 2.35. The van der Waals surface area contributed by atoms with Crippen molar-refractivity contribution in [2.45, 2.75) is 57.5 Å². The highest BCUT2D eigenvalue weighted by Gasteiger charge is 2.30. The van der Waals surface area contributed by atoms with Gasteiger partial charge in [-0.05, 0) is 55.7 Å². The molecule has 1 fully saturated rings. The summed E-state index contributed by atoms with van der Waals surface area (Å²) >= 11 is 1.84. The average molecular weight is 292 g/mol. The number of amides is 1. The molecule has 20 heavy (non-hydrogen) atoms. The average Bonchev–Trinajstić information content (AvgIpc) is 3.14. The largest absolute Gasteiger partial charge is 0.335 e. The maximum atomic E-state index is 12.6. The van der Waals surface area contributed by atoms with Crippen molar-refractivity contribution in [1.29, 1.82) is 0 Å². The van der Waals surface area contributed by atoms with E-state index in [2.05, 4.69) is 28.6 Å². The zero-order valence-electron chi connectivity index (χ0n) is 12.2. The van der Waals surface area contributed by atoms with Gasteiger partial charge in [0, 0.05) is 23.9 Å². The number of rotatable bonds is 4. The van der Waals surface area contributed by atoms with E-state index in [4.69, 9.17) is 0 Å². The number of hydrogen-bond donors (Lipinski definition) is 1. The minimum Gasteiger partial charge on any atom is -0.335 e. The van der Waals surface area contributed by atoms with Gasteiger partial charge in [0.15, 0.2) is 0 Å². The van der Waals surface area contributed by atoms with E-state index in [1.54, 1.807) is 0 Å². The molecule has 2 aliphatic heterocycles. The second kappa shape index (κ2) is 6.27. The summed E-state index contributed by atoms with van der Waals surface area (Å²) < 4.78 is 0. The van der Waals surface area contributed by atoms with E-state index < -0.39 is 0 Å². The van der Waals surface area contributed by atoms with Crippen molar-refractivity contribution in [2.24, 2.45) is 0 Å². The summed E-state index contributed by atoms with van der Waals surface area (Å²) in [5.41, 5.74) is 1.40. The highest BCUT2D eigenvalue weighted by molar-refractivity contribution is 7.10. The summed E-state index contributed by atoms with van der Waals surface area (Å²) in [4.78, 5) is 16.2. The Labute approximate surface area is 125 Å². The van der Waals surface area contributed by atoms with Gasteiger partial charge in [0.25, 0.3) is 0 Å². The molecule has 3 rings (SSSR count). The summed E-state index contributed by atoms with van der Waals surface area (Å²) in [7, 11) is 0. The zero-order valence-corrected chi connectivity index (χ0v) is 13.0. The lowest BCUT2D eigenvalue weighted by Crippen LogP contribution is -2.39. The third kappa shape index (κ3) is 2.77. The van der Waals surface area contributed by atoms with Crippen LogP contribution < -0.4 is 5.32 Å². The van der Waals surface area contributed by atoms with E-state index in [1.165, 1.54) is 23.3 Å². The lowest BCUT2D eigenvalue weighted by Gasteiger charge is -2.35. The van der Waals surface area contributed by atoms with Crippen molar-refractivity contribution in [3.8, 4) is 0 Å². The molecule has 2 atom stereocenters. The molecule has 1 saturated heterocycles. The molecule has 0 saturated carbocycles. The molecule has 0 aliphatic carbocycles. The molecule has 0 bridgehead atoms. The molecule has 1 N–H and O–H groups in total. The fraction of sp³-hybridized carbons (Fsp3) is 0.688. The maximum absolute atomic E-state index is 12.6. The normalized spacial score (nSPS) is 25.8. The van der Waals surface area contributed by atoms with Gasteiger partial charge in [-0.3, -0.25) is 4.79 Å². The number of nitrogens with zero attached hydrogens (tertiary/aromatic N) is 1. The number of fused-ring (bicyclic) bond motifs is 1. The molecule has 1 aromatic rings. The van der Waals surface area contributed by atoms with Crippen molar-refractivity contribution in [2.75, 3.05) is 13.1 Å². The van der Waals surface area contributed by atoms with Crippen LogP contribution in [0.1, 0.15) is 55.5 Å². The van der Waals surface area contributed by atoms with Crippen molar-refractivity contribution in [3.05, 3.63) is 21.9 Å². The van der Waals surface area contributed by atoms with Crippen LogP contribution in [0.4, 0.5) is 0 Å². The summed E-state index contributed by atoms with van der Waals surface area (Å²) in [5, 5.41) is 5.65. The number of carbonyl (C=O) groups excluding carboxylic acids is 1. The SMILES string of the molecule is CCC1c2ccsc2CCN1C(=O)CCC1CCCN1. The molecule has 0 aromatic carbocycles. The first-order valence-electron chi connectivity index (χ1n) is 7.88. The quantitative estimate of drug-likeness (QED) is 0.925.